The summed E-state index contributed by atoms with van der Waals surface area (Å²) in [6, 6.07) is 40.5. The molecule has 4 nitrogen and oxygen atoms in total. The topological polar surface area (TPSA) is 78.4 Å². The van der Waals surface area contributed by atoms with E-state index in [0.29, 0.717) is 22.7 Å². The van der Waals surface area contributed by atoms with Gasteiger partial charge in [0.2, 0.25) is 0 Å². The molecule has 1 aliphatic rings. The largest absolute Gasteiger partial charge is 0.199 e. The molecule has 0 unspecified atom stereocenters. The number of thioether (sulfide) groups is 1. The molecule has 284 valence electrons. The summed E-state index contributed by atoms with van der Waals surface area (Å²) in [4.78, 5) is 0. The van der Waals surface area contributed by atoms with E-state index in [1.807, 2.05) is 36.4 Å². The fraction of sp³-hybridized carbons (Fsp3) is 0.105. The minimum Gasteiger partial charge on any atom is -0.199 e. The molecule has 1 fully saturated rings. The Bertz CT molecular complexity index is 1560. The molecule has 0 aromatic heterocycles. The molecule has 13 heteroatoms. The predicted molar refractivity (Wildman–Crippen MR) is 192 cm³/mol. The number of hydrogen-bond acceptors (Lipinski definition) is 5. The van der Waals surface area contributed by atoms with E-state index in [4.69, 9.17) is 4.08 Å². The van der Waals surface area contributed by atoms with E-state index in [-0.39, 0.29) is 44.8 Å². The maximum Gasteiger partial charge on any atom is 0.0408 e. The molecule has 2 radical (unpaired) electrons. The standard InChI is InChI=1S/C14H14ClO4P.C14H14P.C6H2F3.C4H8S.2Au/c1-20(2,19-15(16,17)18,13-9-5-3-6-10-13)14-11-7-4-8-12-14;1-15(2,13-9-5-3-6-10-13)14-11-7-4-8-12-14;7-4-1-5(8)3-6(9)2-4;1-2-4-5-3-1;;/h3-12H,1-2H2;3-12H,1-2H2;1-2H;1-4H2;;/q-2;2*-1;;;. The fourth-order valence-electron chi connectivity index (χ4n) is 4.54. The van der Waals surface area contributed by atoms with Crippen LogP contribution >= 0.6 is 25.9 Å². The van der Waals surface area contributed by atoms with E-state index in [0.717, 1.165) is 0 Å². The van der Waals surface area contributed by atoms with Crippen molar-refractivity contribution >= 4 is 47.1 Å². The molecule has 1 aliphatic heterocycles. The summed E-state index contributed by atoms with van der Waals surface area (Å²) >= 11 is 2.07. The van der Waals surface area contributed by atoms with Crippen LogP contribution in [0.5, 0.6) is 0 Å². The van der Waals surface area contributed by atoms with E-state index in [9.17, 15) is 27.1 Å². The van der Waals surface area contributed by atoms with Crippen molar-refractivity contribution in [3.05, 3.63) is 184 Å². The van der Waals surface area contributed by atoms with Gasteiger partial charge in [-0.25, -0.2) is 13.2 Å². The Morgan fingerprint density at radius 1 is 0.627 bits per heavy atom. The van der Waals surface area contributed by atoms with Gasteiger partial charge in [-0.1, -0.05) is 36.4 Å². The van der Waals surface area contributed by atoms with Gasteiger partial charge in [-0.3, -0.25) is 0 Å². The number of rotatable bonds is 6. The van der Waals surface area contributed by atoms with Crippen LogP contribution in [0.4, 0.5) is 13.2 Å². The zero-order valence-corrected chi connectivity index (χ0v) is 35.1. The SMILES string of the molecule is C1CCSC1.Fc1[c-]c(F)cc(F)c1.[Au].[Au].[CH2-]P([CH2-])(O[Cl+3]([O-])([O-])[O-])(c1ccccc1)c1ccccc1.[CH2-][P+]([CH2-])(c1ccccc1)c1ccccc1. The molecular formula is C38H38Au2ClF3O4P2S-4. The molecule has 5 aromatic rings. The van der Waals surface area contributed by atoms with Gasteiger partial charge >= 0.3 is 120 Å². The summed E-state index contributed by atoms with van der Waals surface area (Å²) in [6.07, 6.45) is 2.93. The van der Waals surface area contributed by atoms with Gasteiger partial charge in [0, 0.05) is 72.8 Å². The normalized spacial score (nSPS) is 13.1. The molecule has 0 spiro atoms. The quantitative estimate of drug-likeness (QED) is 0.114. The van der Waals surface area contributed by atoms with Crippen molar-refractivity contribution in [1.29, 1.82) is 0 Å². The third-order valence-corrected chi connectivity index (χ3v) is 15.8. The van der Waals surface area contributed by atoms with E-state index in [2.05, 4.69) is 62.7 Å². The van der Waals surface area contributed by atoms with Crippen molar-refractivity contribution in [3.8, 4) is 0 Å². The van der Waals surface area contributed by atoms with Crippen LogP contribution in [0.3, 0.4) is 0 Å². The summed E-state index contributed by atoms with van der Waals surface area (Å²) in [7, 11) is -6.30. The number of halogens is 4. The molecule has 0 saturated carbocycles. The average Bonchev–Trinajstić information content (AvgIpc) is 3.66. The molecule has 0 atom stereocenters. The van der Waals surface area contributed by atoms with Gasteiger partial charge in [0.25, 0.3) is 0 Å². The van der Waals surface area contributed by atoms with Crippen molar-refractivity contribution < 1.29 is 86.2 Å². The Morgan fingerprint density at radius 2 is 0.961 bits per heavy atom. The smallest absolute Gasteiger partial charge is 0.0408 e. The van der Waals surface area contributed by atoms with Crippen molar-refractivity contribution in [2.75, 3.05) is 11.5 Å². The van der Waals surface area contributed by atoms with E-state index < -0.39 is 41.8 Å². The monoisotopic (exact) mass is 1140 g/mol. The molecule has 51 heavy (non-hydrogen) atoms. The maximum absolute atomic E-state index is 11.9. The number of benzene rings is 5. The van der Waals surface area contributed by atoms with Crippen molar-refractivity contribution in [3.63, 3.8) is 0 Å². The summed E-state index contributed by atoms with van der Waals surface area (Å²) in [5.41, 5.74) is 0. The Balaban J connectivity index is 0.000000368. The van der Waals surface area contributed by atoms with Crippen molar-refractivity contribution in [2.24, 2.45) is 0 Å². The van der Waals surface area contributed by atoms with Gasteiger partial charge < -0.3 is 0 Å². The summed E-state index contributed by atoms with van der Waals surface area (Å²) < 4.78 is 74.0. The van der Waals surface area contributed by atoms with E-state index >= 15 is 0 Å². The minimum atomic E-state index is -4.66. The van der Waals surface area contributed by atoms with Crippen molar-refractivity contribution in [1.82, 2.24) is 0 Å². The van der Waals surface area contributed by atoms with Gasteiger partial charge in [-0.05, 0) is 48.6 Å². The summed E-state index contributed by atoms with van der Waals surface area (Å²) in [5, 5.41) is 3.46. The average molecular weight is 1140 g/mol. The van der Waals surface area contributed by atoms with Gasteiger partial charge in [-0.2, -0.15) is 32.4 Å². The van der Waals surface area contributed by atoms with Crippen LogP contribution in [0.2, 0.25) is 0 Å². The van der Waals surface area contributed by atoms with E-state index in [1.165, 1.54) is 35.0 Å². The molecule has 5 aromatic carbocycles. The fourth-order valence-corrected chi connectivity index (χ4v) is 11.6. The third-order valence-electron chi connectivity index (χ3n) is 7.06. The van der Waals surface area contributed by atoms with Crippen LogP contribution in [0.15, 0.2) is 133 Å². The predicted octanol–water partition coefficient (Wildman–Crippen LogP) is 6.25. The molecule has 6 rings (SSSR count). The number of hydrogen-bond donors (Lipinski definition) is 0. The Kier molecular flexibility index (Phi) is 20.8. The van der Waals surface area contributed by atoms with Crippen LogP contribution in [0.25, 0.3) is 0 Å². The molecule has 1 saturated heterocycles. The second kappa shape index (κ2) is 22.2. The Hall–Kier alpha value is -1.29. The zero-order valence-electron chi connectivity index (χ0n) is 27.4. The minimum absolute atomic E-state index is 0. The molecule has 1 heterocycles. The van der Waals surface area contributed by atoms with Crippen LogP contribution in [-0.2, 0) is 48.8 Å². The van der Waals surface area contributed by atoms with Gasteiger partial charge in [-0.15, -0.1) is 18.2 Å². The van der Waals surface area contributed by atoms with Gasteiger partial charge in [0.05, 0.1) is 0 Å². The van der Waals surface area contributed by atoms with Gasteiger partial charge in [0.1, 0.15) is 0 Å². The summed E-state index contributed by atoms with van der Waals surface area (Å²) in [6.45, 7) is 12.5. The maximum atomic E-state index is 11.9. The van der Waals surface area contributed by atoms with Crippen LogP contribution in [-0.4, -0.2) is 11.5 Å². The third kappa shape index (κ3) is 15.5. The van der Waals surface area contributed by atoms with Crippen molar-refractivity contribution in [2.45, 2.75) is 12.8 Å². The molecule has 0 bridgehead atoms. The van der Waals surface area contributed by atoms with Gasteiger partial charge in [0.15, 0.2) is 0 Å². The molecule has 0 amide bonds. The first-order valence-electron chi connectivity index (χ1n) is 14.9. The molecular weight excluding hydrogens is 1100 g/mol. The Morgan fingerprint density at radius 3 is 1.24 bits per heavy atom. The first kappa shape index (κ1) is 47.7. The first-order chi connectivity index (χ1) is 23.1. The molecule has 0 aliphatic carbocycles. The molecule has 0 N–H and O–H groups in total. The van der Waals surface area contributed by atoms with E-state index in [1.54, 1.807) is 66.7 Å². The second-order valence-electron chi connectivity index (χ2n) is 11.0. The van der Waals surface area contributed by atoms with Crippen LogP contribution in [0, 0.1) is 60.4 Å². The summed E-state index contributed by atoms with van der Waals surface area (Å²) in [5.74, 6) is -0.135. The zero-order chi connectivity index (χ0) is 36.0. The van der Waals surface area contributed by atoms with Crippen LogP contribution in [0.1, 0.15) is 12.8 Å². The first-order valence-corrected chi connectivity index (χ1v) is 22.0. The van der Waals surface area contributed by atoms with Crippen LogP contribution < -0.4 is 35.2 Å². The second-order valence-corrected chi connectivity index (χ2v) is 20.3. The Labute approximate surface area is 338 Å².